The summed E-state index contributed by atoms with van der Waals surface area (Å²) in [4.78, 5) is 10.3. The molecule has 0 saturated heterocycles. The van der Waals surface area contributed by atoms with Crippen LogP contribution in [0.1, 0.15) is 25.7 Å². The molecule has 0 aromatic rings. The number of rotatable bonds is 2. The normalized spacial score (nSPS) is 29.7. The van der Waals surface area contributed by atoms with E-state index in [1.165, 1.54) is 0 Å². The summed E-state index contributed by atoms with van der Waals surface area (Å²) in [6, 6.07) is 2.17. The van der Waals surface area contributed by atoms with E-state index in [1.54, 1.807) is 0 Å². The largest absolute Gasteiger partial charge is 0.481 e. The number of nitriles is 1. The quantitative estimate of drug-likeness (QED) is 0.652. The second-order valence-electron chi connectivity index (χ2n) is 3.10. The SMILES string of the molecule is N#CC1CCC(CC(=O)O)C1. The summed E-state index contributed by atoms with van der Waals surface area (Å²) < 4.78 is 0. The fourth-order valence-corrected chi connectivity index (χ4v) is 1.62. The Labute approximate surface area is 65.6 Å². The molecule has 11 heavy (non-hydrogen) atoms. The van der Waals surface area contributed by atoms with Crippen LogP contribution in [0.25, 0.3) is 0 Å². The molecule has 1 rings (SSSR count). The van der Waals surface area contributed by atoms with Gasteiger partial charge in [-0.3, -0.25) is 4.79 Å². The van der Waals surface area contributed by atoms with Gasteiger partial charge in [0, 0.05) is 12.3 Å². The van der Waals surface area contributed by atoms with Crippen LogP contribution >= 0.6 is 0 Å². The van der Waals surface area contributed by atoms with Gasteiger partial charge in [0.2, 0.25) is 0 Å². The number of aliphatic carboxylic acids is 1. The first kappa shape index (κ1) is 8.06. The molecule has 1 saturated carbocycles. The topological polar surface area (TPSA) is 61.1 Å². The summed E-state index contributed by atoms with van der Waals surface area (Å²) in [6.07, 6.45) is 2.81. The van der Waals surface area contributed by atoms with Crippen LogP contribution in [0, 0.1) is 23.2 Å². The van der Waals surface area contributed by atoms with Crippen molar-refractivity contribution in [3.05, 3.63) is 0 Å². The van der Waals surface area contributed by atoms with E-state index in [0.717, 1.165) is 19.3 Å². The van der Waals surface area contributed by atoms with E-state index in [0.29, 0.717) is 0 Å². The van der Waals surface area contributed by atoms with Gasteiger partial charge in [-0.05, 0) is 25.2 Å². The average molecular weight is 153 g/mol. The van der Waals surface area contributed by atoms with E-state index in [-0.39, 0.29) is 18.3 Å². The number of hydrogen-bond acceptors (Lipinski definition) is 2. The summed E-state index contributed by atoms with van der Waals surface area (Å²) >= 11 is 0. The summed E-state index contributed by atoms with van der Waals surface area (Å²) in [5, 5.41) is 17.0. The van der Waals surface area contributed by atoms with E-state index in [4.69, 9.17) is 10.4 Å². The first-order chi connectivity index (χ1) is 5.22. The van der Waals surface area contributed by atoms with Gasteiger partial charge < -0.3 is 5.11 Å². The van der Waals surface area contributed by atoms with Gasteiger partial charge in [-0.25, -0.2) is 0 Å². The maximum atomic E-state index is 10.3. The maximum absolute atomic E-state index is 10.3. The number of hydrogen-bond donors (Lipinski definition) is 1. The summed E-state index contributed by atoms with van der Waals surface area (Å²) in [7, 11) is 0. The van der Waals surface area contributed by atoms with Gasteiger partial charge >= 0.3 is 5.97 Å². The van der Waals surface area contributed by atoms with Gasteiger partial charge in [0.25, 0.3) is 0 Å². The van der Waals surface area contributed by atoms with Crippen molar-refractivity contribution in [2.75, 3.05) is 0 Å². The summed E-state index contributed by atoms with van der Waals surface area (Å²) in [5.41, 5.74) is 0. The summed E-state index contributed by atoms with van der Waals surface area (Å²) in [6.45, 7) is 0. The average Bonchev–Trinajstić information content (AvgIpc) is 2.34. The van der Waals surface area contributed by atoms with Crippen LogP contribution in [0.4, 0.5) is 0 Å². The summed E-state index contributed by atoms with van der Waals surface area (Å²) in [5.74, 6) is -0.384. The Morgan fingerprint density at radius 3 is 2.82 bits per heavy atom. The zero-order chi connectivity index (χ0) is 8.27. The van der Waals surface area contributed by atoms with Gasteiger partial charge in [0.1, 0.15) is 0 Å². The van der Waals surface area contributed by atoms with E-state index in [9.17, 15) is 4.79 Å². The third-order valence-corrected chi connectivity index (χ3v) is 2.19. The third kappa shape index (κ3) is 2.23. The Morgan fingerprint density at radius 2 is 2.36 bits per heavy atom. The molecule has 1 aliphatic carbocycles. The molecule has 0 radical (unpaired) electrons. The minimum absolute atomic E-state index is 0.111. The van der Waals surface area contributed by atoms with Crippen molar-refractivity contribution in [2.45, 2.75) is 25.7 Å². The van der Waals surface area contributed by atoms with Crippen molar-refractivity contribution in [3.8, 4) is 6.07 Å². The van der Waals surface area contributed by atoms with Crippen LogP contribution in [-0.4, -0.2) is 11.1 Å². The van der Waals surface area contributed by atoms with Gasteiger partial charge in [-0.1, -0.05) is 0 Å². The van der Waals surface area contributed by atoms with Gasteiger partial charge in [0.15, 0.2) is 0 Å². The van der Waals surface area contributed by atoms with E-state index in [1.807, 2.05) is 0 Å². The van der Waals surface area contributed by atoms with Crippen molar-refractivity contribution in [3.63, 3.8) is 0 Å². The van der Waals surface area contributed by atoms with Crippen LogP contribution in [0.5, 0.6) is 0 Å². The Balaban J connectivity index is 2.31. The molecule has 0 aliphatic heterocycles. The third-order valence-electron chi connectivity index (χ3n) is 2.19. The number of nitrogens with zero attached hydrogens (tertiary/aromatic N) is 1. The molecule has 0 amide bonds. The van der Waals surface area contributed by atoms with E-state index >= 15 is 0 Å². The molecule has 3 nitrogen and oxygen atoms in total. The van der Waals surface area contributed by atoms with Crippen molar-refractivity contribution in [1.82, 2.24) is 0 Å². The van der Waals surface area contributed by atoms with E-state index in [2.05, 4.69) is 6.07 Å². The van der Waals surface area contributed by atoms with Gasteiger partial charge in [-0.2, -0.15) is 5.26 Å². The predicted molar refractivity (Wildman–Crippen MR) is 38.7 cm³/mol. The van der Waals surface area contributed by atoms with Crippen molar-refractivity contribution >= 4 is 5.97 Å². The lowest BCUT2D eigenvalue weighted by atomic mass is 10.0. The zero-order valence-corrected chi connectivity index (χ0v) is 6.29. The molecule has 2 unspecified atom stereocenters. The first-order valence-electron chi connectivity index (χ1n) is 3.83. The molecule has 1 N–H and O–H groups in total. The molecule has 0 spiro atoms. The van der Waals surface area contributed by atoms with Gasteiger partial charge in [0.05, 0.1) is 6.07 Å². The molecular formula is C8H11NO2. The van der Waals surface area contributed by atoms with Crippen molar-refractivity contribution < 1.29 is 9.90 Å². The predicted octanol–water partition coefficient (Wildman–Crippen LogP) is 1.40. The fourth-order valence-electron chi connectivity index (χ4n) is 1.62. The van der Waals surface area contributed by atoms with Crippen molar-refractivity contribution in [1.29, 1.82) is 5.26 Å². The lowest BCUT2D eigenvalue weighted by molar-refractivity contribution is -0.138. The standard InChI is InChI=1S/C8H11NO2/c9-5-7-2-1-6(3-7)4-8(10)11/h6-7H,1-4H2,(H,10,11). The Kier molecular flexibility index (Phi) is 2.48. The molecule has 0 heterocycles. The number of carboxylic acid groups (broad SMARTS) is 1. The minimum atomic E-state index is -0.742. The molecule has 3 heteroatoms. The second-order valence-corrected chi connectivity index (χ2v) is 3.10. The molecular weight excluding hydrogens is 142 g/mol. The highest BCUT2D eigenvalue weighted by molar-refractivity contribution is 5.67. The fraction of sp³-hybridized carbons (Fsp3) is 0.750. The lowest BCUT2D eigenvalue weighted by Crippen LogP contribution is -2.03. The zero-order valence-electron chi connectivity index (χ0n) is 6.29. The highest BCUT2D eigenvalue weighted by Crippen LogP contribution is 2.32. The number of carbonyl (C=O) groups is 1. The lowest BCUT2D eigenvalue weighted by Gasteiger charge is -2.02. The highest BCUT2D eigenvalue weighted by atomic mass is 16.4. The molecule has 60 valence electrons. The van der Waals surface area contributed by atoms with Crippen LogP contribution in [-0.2, 0) is 4.79 Å². The van der Waals surface area contributed by atoms with Crippen molar-refractivity contribution in [2.24, 2.45) is 11.8 Å². The molecule has 0 aromatic carbocycles. The van der Waals surface area contributed by atoms with Crippen LogP contribution in [0.15, 0.2) is 0 Å². The van der Waals surface area contributed by atoms with Gasteiger partial charge in [-0.15, -0.1) is 0 Å². The number of carboxylic acids is 1. The monoisotopic (exact) mass is 153 g/mol. The first-order valence-corrected chi connectivity index (χ1v) is 3.83. The second kappa shape index (κ2) is 3.38. The van der Waals surface area contributed by atoms with Crippen LogP contribution < -0.4 is 0 Å². The molecule has 1 fully saturated rings. The highest BCUT2D eigenvalue weighted by Gasteiger charge is 2.25. The Bertz CT molecular complexity index is 195. The molecule has 0 bridgehead atoms. The Hall–Kier alpha value is -1.04. The molecule has 1 aliphatic rings. The minimum Gasteiger partial charge on any atom is -0.481 e. The van der Waals surface area contributed by atoms with E-state index < -0.39 is 5.97 Å². The van der Waals surface area contributed by atoms with Crippen LogP contribution in [0.2, 0.25) is 0 Å². The van der Waals surface area contributed by atoms with Crippen LogP contribution in [0.3, 0.4) is 0 Å². The molecule has 0 aromatic heterocycles. The molecule has 2 atom stereocenters. The smallest absolute Gasteiger partial charge is 0.303 e. The maximum Gasteiger partial charge on any atom is 0.303 e. The Morgan fingerprint density at radius 1 is 1.64 bits per heavy atom.